The van der Waals surface area contributed by atoms with Gasteiger partial charge in [0.15, 0.2) is 0 Å². The molecular weight excluding hydrogens is 456 g/mol. The van der Waals surface area contributed by atoms with E-state index in [2.05, 4.69) is 11.9 Å². The minimum atomic E-state index is -0.943. The molecule has 0 fully saturated rings. The number of nitrogens with one attached hydrogen (secondary N) is 1. The van der Waals surface area contributed by atoms with E-state index in [4.69, 9.17) is 9.47 Å². The van der Waals surface area contributed by atoms with Gasteiger partial charge in [-0.2, -0.15) is 0 Å². The highest BCUT2D eigenvalue weighted by atomic mass is 32.2. The number of nitro groups is 1. The summed E-state index contributed by atoms with van der Waals surface area (Å²) in [5, 5.41) is 10.9. The SMILES string of the molecule is CCCCCCCOC(=O)[C@H]1Sc2[nH]c(=O)sc2[C@H]2c3cc([N+](=O)[O-])ccc3OC(=O)[C@H]21. The molecule has 11 heteroatoms. The summed E-state index contributed by atoms with van der Waals surface area (Å²) in [6, 6.07) is 3.98. The van der Waals surface area contributed by atoms with Gasteiger partial charge >= 0.3 is 16.8 Å². The maximum absolute atomic E-state index is 12.9. The molecule has 1 N–H and O–H groups in total. The zero-order valence-corrected chi connectivity index (χ0v) is 19.0. The van der Waals surface area contributed by atoms with Gasteiger partial charge in [0, 0.05) is 28.5 Å². The van der Waals surface area contributed by atoms with Gasteiger partial charge in [-0.15, -0.1) is 0 Å². The zero-order valence-electron chi connectivity index (χ0n) is 17.3. The predicted molar refractivity (Wildman–Crippen MR) is 118 cm³/mol. The molecule has 1 aromatic heterocycles. The molecule has 0 saturated carbocycles. The van der Waals surface area contributed by atoms with Crippen LogP contribution >= 0.6 is 23.1 Å². The van der Waals surface area contributed by atoms with Gasteiger partial charge < -0.3 is 14.5 Å². The Labute approximate surface area is 191 Å². The van der Waals surface area contributed by atoms with E-state index in [-0.39, 0.29) is 22.9 Å². The van der Waals surface area contributed by atoms with Crippen molar-refractivity contribution in [2.45, 2.75) is 55.2 Å². The second-order valence-electron chi connectivity index (χ2n) is 7.73. The summed E-state index contributed by atoms with van der Waals surface area (Å²) >= 11 is 2.01. The third-order valence-corrected chi connectivity index (χ3v) is 7.99. The van der Waals surface area contributed by atoms with Crippen LogP contribution in [0.4, 0.5) is 5.69 Å². The van der Waals surface area contributed by atoms with Crippen LogP contribution in [-0.2, 0) is 14.3 Å². The molecule has 0 aliphatic carbocycles. The Kier molecular flexibility index (Phi) is 6.66. The van der Waals surface area contributed by atoms with Gasteiger partial charge in [-0.05, 0) is 12.5 Å². The summed E-state index contributed by atoms with van der Waals surface area (Å²) in [4.78, 5) is 51.7. The number of esters is 2. The smallest absolute Gasteiger partial charge is 0.320 e. The van der Waals surface area contributed by atoms with E-state index in [0.717, 1.165) is 55.2 Å². The minimum absolute atomic E-state index is 0.158. The summed E-state index contributed by atoms with van der Waals surface area (Å²) in [5.74, 6) is -2.61. The van der Waals surface area contributed by atoms with Crippen LogP contribution in [0.3, 0.4) is 0 Å². The maximum atomic E-state index is 12.9. The first-order valence-corrected chi connectivity index (χ1v) is 12.2. The van der Waals surface area contributed by atoms with E-state index >= 15 is 0 Å². The third kappa shape index (κ3) is 4.31. The number of hydrogen-bond acceptors (Lipinski definition) is 9. The number of thioether (sulfide) groups is 1. The number of thiazole rings is 1. The Hall–Kier alpha value is -2.66. The van der Waals surface area contributed by atoms with Crippen LogP contribution in [0.5, 0.6) is 5.75 Å². The number of unbranched alkanes of at least 4 members (excludes halogenated alkanes) is 4. The fraction of sp³-hybridized carbons (Fsp3) is 0.476. The van der Waals surface area contributed by atoms with Crippen molar-refractivity contribution < 1.29 is 24.0 Å². The van der Waals surface area contributed by atoms with Gasteiger partial charge in [0.1, 0.15) is 11.0 Å². The van der Waals surface area contributed by atoms with E-state index in [9.17, 15) is 24.5 Å². The van der Waals surface area contributed by atoms with Crippen LogP contribution in [-0.4, -0.2) is 33.7 Å². The third-order valence-electron chi connectivity index (χ3n) is 5.60. The van der Waals surface area contributed by atoms with Crippen molar-refractivity contribution in [3.63, 3.8) is 0 Å². The Morgan fingerprint density at radius 1 is 1.25 bits per heavy atom. The van der Waals surface area contributed by atoms with Crippen molar-refractivity contribution in [2.75, 3.05) is 6.61 Å². The molecular formula is C21H22N2O7S2. The van der Waals surface area contributed by atoms with Crippen LogP contribution in [0.1, 0.15) is 55.4 Å². The number of rotatable bonds is 8. The number of carbonyl (C=O) groups excluding carboxylic acids is 2. The molecule has 3 heterocycles. The first-order chi connectivity index (χ1) is 15.4. The second-order valence-corrected chi connectivity index (χ2v) is 9.90. The Morgan fingerprint density at radius 2 is 2.03 bits per heavy atom. The number of fused-ring (bicyclic) bond motifs is 5. The maximum Gasteiger partial charge on any atom is 0.320 e. The molecule has 9 nitrogen and oxygen atoms in total. The van der Waals surface area contributed by atoms with Crippen LogP contribution in [0.2, 0.25) is 0 Å². The molecule has 0 bridgehead atoms. The van der Waals surface area contributed by atoms with Gasteiger partial charge in [-0.3, -0.25) is 24.5 Å². The van der Waals surface area contributed by atoms with Crippen molar-refractivity contribution in [1.82, 2.24) is 4.98 Å². The first kappa shape index (κ1) is 22.5. The van der Waals surface area contributed by atoms with E-state index in [0.29, 0.717) is 15.5 Å². The Bertz CT molecular complexity index is 1110. The summed E-state index contributed by atoms with van der Waals surface area (Å²) in [5.41, 5.74) is 0.257. The fourth-order valence-corrected chi connectivity index (χ4v) is 6.53. The summed E-state index contributed by atoms with van der Waals surface area (Å²) in [7, 11) is 0. The van der Waals surface area contributed by atoms with Gasteiger partial charge in [0.2, 0.25) is 0 Å². The normalized spacial score (nSPS) is 21.2. The molecule has 0 amide bonds. The van der Waals surface area contributed by atoms with Crippen molar-refractivity contribution >= 4 is 40.7 Å². The van der Waals surface area contributed by atoms with Crippen LogP contribution in [0.25, 0.3) is 0 Å². The number of benzene rings is 1. The van der Waals surface area contributed by atoms with Crippen LogP contribution in [0, 0.1) is 16.0 Å². The average Bonchev–Trinajstić information content (AvgIpc) is 3.14. The number of nitrogens with zero attached hydrogens (tertiary/aromatic N) is 1. The molecule has 2 aliphatic rings. The number of aromatic nitrogens is 1. The van der Waals surface area contributed by atoms with E-state index in [1.165, 1.54) is 18.2 Å². The number of carbonyl (C=O) groups is 2. The van der Waals surface area contributed by atoms with Crippen molar-refractivity contribution in [2.24, 2.45) is 5.92 Å². The van der Waals surface area contributed by atoms with Gasteiger partial charge in [-0.1, -0.05) is 55.7 Å². The molecule has 32 heavy (non-hydrogen) atoms. The highest BCUT2D eigenvalue weighted by Gasteiger charge is 2.52. The van der Waals surface area contributed by atoms with Crippen LogP contribution in [0.15, 0.2) is 28.0 Å². The summed E-state index contributed by atoms with van der Waals surface area (Å²) in [6.07, 6.45) is 4.99. The number of H-pyrrole nitrogens is 1. The lowest BCUT2D eigenvalue weighted by Crippen LogP contribution is -2.44. The molecule has 4 rings (SSSR count). The van der Waals surface area contributed by atoms with Gasteiger partial charge in [0.25, 0.3) is 5.69 Å². The lowest BCUT2D eigenvalue weighted by molar-refractivity contribution is -0.385. The molecule has 3 atom stereocenters. The van der Waals surface area contributed by atoms with Crippen molar-refractivity contribution in [3.05, 3.63) is 48.4 Å². The lowest BCUT2D eigenvalue weighted by atomic mass is 9.80. The second kappa shape index (κ2) is 9.45. The van der Waals surface area contributed by atoms with Crippen LogP contribution < -0.4 is 9.61 Å². The Balaban J connectivity index is 1.64. The van der Waals surface area contributed by atoms with E-state index in [1.807, 2.05) is 0 Å². The first-order valence-electron chi connectivity index (χ1n) is 10.5. The molecule has 0 radical (unpaired) electrons. The van der Waals surface area contributed by atoms with Gasteiger partial charge in [0.05, 0.1) is 22.5 Å². The number of nitro benzene ring substituents is 1. The lowest BCUT2D eigenvalue weighted by Gasteiger charge is -2.37. The minimum Gasteiger partial charge on any atom is -0.465 e. The molecule has 2 aromatic rings. The largest absolute Gasteiger partial charge is 0.465 e. The number of ether oxygens (including phenoxy) is 2. The summed E-state index contributed by atoms with van der Waals surface area (Å²) in [6.45, 7) is 2.37. The molecule has 0 unspecified atom stereocenters. The molecule has 0 saturated heterocycles. The highest BCUT2D eigenvalue weighted by Crippen LogP contribution is 2.54. The number of hydrogen-bond donors (Lipinski definition) is 1. The number of aromatic amines is 1. The fourth-order valence-electron chi connectivity index (χ4n) is 4.07. The highest BCUT2D eigenvalue weighted by molar-refractivity contribution is 8.00. The molecule has 1 aromatic carbocycles. The van der Waals surface area contributed by atoms with E-state index < -0.39 is 33.9 Å². The van der Waals surface area contributed by atoms with Crippen molar-refractivity contribution in [3.8, 4) is 5.75 Å². The molecule has 170 valence electrons. The standard InChI is InChI=1S/C21H22N2O7S2/c1-2-3-4-5-6-9-29-20(25)17-15-14(16-18(31-17)22-21(26)32-16)12-10-11(23(27)28)7-8-13(12)30-19(15)24/h7-8,10,14-15,17H,2-6,9H2,1H3,(H,22,26)/t14-,15+,17-/m0/s1. The summed E-state index contributed by atoms with van der Waals surface area (Å²) < 4.78 is 10.9. The molecule has 0 spiro atoms. The average molecular weight is 479 g/mol. The van der Waals surface area contributed by atoms with Gasteiger partial charge in [-0.25, -0.2) is 0 Å². The Morgan fingerprint density at radius 3 is 2.78 bits per heavy atom. The monoisotopic (exact) mass is 478 g/mol. The quantitative estimate of drug-likeness (QED) is 0.198. The number of non-ortho nitro benzene ring substituents is 1. The van der Waals surface area contributed by atoms with Crippen molar-refractivity contribution in [1.29, 1.82) is 0 Å². The topological polar surface area (TPSA) is 129 Å². The zero-order chi connectivity index (χ0) is 22.8. The molecule has 2 aliphatic heterocycles. The predicted octanol–water partition coefficient (Wildman–Crippen LogP) is 4.00. The van der Waals surface area contributed by atoms with E-state index in [1.54, 1.807) is 0 Å².